The molecule has 198 valence electrons. The fourth-order valence-corrected chi connectivity index (χ4v) is 5.10. The number of rotatable bonds is 11. The Morgan fingerprint density at radius 1 is 1.00 bits per heavy atom. The standard InChI is InChI=1S/C30H28FN5O2S/c31-23-10-6-9-22(28(23)32)26(37)12-3-1-2-11-24(36-30(38)27-17-33-18-39-27)29-34-16-25(35-29)21-14-13-19-7-4-5-8-20(19)15-21/h4-10,13-18,24H,1-3,11-12,32H2,(H,34,35)(H,36,38)/t24-/m0/s1. The summed E-state index contributed by atoms with van der Waals surface area (Å²) in [6.07, 6.45) is 6.38. The number of nitrogens with zero attached hydrogens (tertiary/aromatic N) is 2. The molecule has 7 nitrogen and oxygen atoms in total. The van der Waals surface area contributed by atoms with Crippen molar-refractivity contribution in [2.75, 3.05) is 5.73 Å². The van der Waals surface area contributed by atoms with Crippen molar-refractivity contribution >= 4 is 39.5 Å². The van der Waals surface area contributed by atoms with E-state index in [2.05, 4.69) is 44.5 Å². The number of para-hydroxylation sites is 1. The number of fused-ring (bicyclic) bond motifs is 1. The number of hydrogen-bond acceptors (Lipinski definition) is 6. The van der Waals surface area contributed by atoms with Gasteiger partial charge in [-0.15, -0.1) is 11.3 Å². The molecule has 0 aliphatic heterocycles. The topological polar surface area (TPSA) is 114 Å². The van der Waals surface area contributed by atoms with Gasteiger partial charge < -0.3 is 16.0 Å². The first kappa shape index (κ1) is 26.2. The fourth-order valence-electron chi connectivity index (χ4n) is 4.58. The van der Waals surface area contributed by atoms with Crippen LogP contribution in [0.2, 0.25) is 0 Å². The number of unbranched alkanes of at least 4 members (excludes halogenated alkanes) is 2. The summed E-state index contributed by atoms with van der Waals surface area (Å²) in [7, 11) is 0. The molecule has 0 aliphatic rings. The lowest BCUT2D eigenvalue weighted by molar-refractivity contribution is 0.0935. The molecule has 0 radical (unpaired) electrons. The van der Waals surface area contributed by atoms with Gasteiger partial charge >= 0.3 is 0 Å². The summed E-state index contributed by atoms with van der Waals surface area (Å²) >= 11 is 1.28. The molecule has 0 bridgehead atoms. The normalized spacial score (nSPS) is 11.9. The lowest BCUT2D eigenvalue weighted by atomic mass is 10.0. The third-order valence-electron chi connectivity index (χ3n) is 6.70. The monoisotopic (exact) mass is 541 g/mol. The molecule has 1 atom stereocenters. The van der Waals surface area contributed by atoms with Crippen molar-refractivity contribution < 1.29 is 14.0 Å². The maximum atomic E-state index is 13.7. The van der Waals surface area contributed by atoms with Crippen LogP contribution < -0.4 is 11.1 Å². The average Bonchev–Trinajstić information content (AvgIpc) is 3.66. The number of halogens is 1. The van der Waals surface area contributed by atoms with Gasteiger partial charge in [-0.2, -0.15) is 0 Å². The smallest absolute Gasteiger partial charge is 0.263 e. The van der Waals surface area contributed by atoms with E-state index >= 15 is 0 Å². The van der Waals surface area contributed by atoms with Gasteiger partial charge in [0.2, 0.25) is 0 Å². The molecule has 0 spiro atoms. The quantitative estimate of drug-likeness (QED) is 0.0977. The zero-order valence-corrected chi connectivity index (χ0v) is 22.0. The van der Waals surface area contributed by atoms with Gasteiger partial charge in [-0.3, -0.25) is 14.6 Å². The second-order valence-corrected chi connectivity index (χ2v) is 10.2. The number of carbonyl (C=O) groups is 2. The molecule has 3 aromatic carbocycles. The number of amides is 1. The van der Waals surface area contributed by atoms with E-state index in [4.69, 9.17) is 5.73 Å². The minimum absolute atomic E-state index is 0.103. The number of anilines is 1. The zero-order valence-electron chi connectivity index (χ0n) is 21.2. The van der Waals surface area contributed by atoms with E-state index in [1.54, 1.807) is 24.0 Å². The predicted octanol–water partition coefficient (Wildman–Crippen LogP) is 6.71. The van der Waals surface area contributed by atoms with Crippen LogP contribution in [0, 0.1) is 5.82 Å². The number of carbonyl (C=O) groups excluding carboxylic acids is 2. The molecular weight excluding hydrogens is 513 g/mol. The van der Waals surface area contributed by atoms with Crippen LogP contribution in [0.1, 0.15) is 64.0 Å². The maximum Gasteiger partial charge on any atom is 0.263 e. The highest BCUT2D eigenvalue weighted by Crippen LogP contribution is 2.26. The average molecular weight is 542 g/mol. The molecule has 2 heterocycles. The number of imidazole rings is 1. The number of ketones is 1. The number of nitrogens with one attached hydrogen (secondary N) is 2. The molecular formula is C30H28FN5O2S. The summed E-state index contributed by atoms with van der Waals surface area (Å²) in [6, 6.07) is 18.3. The van der Waals surface area contributed by atoms with Crippen molar-refractivity contribution in [3.05, 3.63) is 101 Å². The van der Waals surface area contributed by atoms with Crippen LogP contribution in [0.4, 0.5) is 10.1 Å². The Kier molecular flexibility index (Phi) is 8.07. The number of Topliss-reactive ketones (excluding diaryl/α,β-unsaturated/α-hetero) is 1. The number of thiazole rings is 1. The molecule has 0 unspecified atom stereocenters. The summed E-state index contributed by atoms with van der Waals surface area (Å²) < 4.78 is 13.7. The van der Waals surface area contributed by atoms with Gasteiger partial charge in [-0.25, -0.2) is 9.37 Å². The predicted molar refractivity (Wildman–Crippen MR) is 152 cm³/mol. The molecule has 0 aliphatic carbocycles. The summed E-state index contributed by atoms with van der Waals surface area (Å²) in [4.78, 5) is 37.9. The van der Waals surface area contributed by atoms with Crippen LogP contribution >= 0.6 is 11.3 Å². The van der Waals surface area contributed by atoms with E-state index in [0.29, 0.717) is 23.5 Å². The molecule has 9 heteroatoms. The highest BCUT2D eigenvalue weighted by Gasteiger charge is 2.20. The van der Waals surface area contributed by atoms with Crippen LogP contribution in [0.15, 0.2) is 78.6 Å². The lowest BCUT2D eigenvalue weighted by Crippen LogP contribution is -2.28. The molecule has 0 fully saturated rings. The lowest BCUT2D eigenvalue weighted by Gasteiger charge is -2.16. The van der Waals surface area contributed by atoms with Crippen molar-refractivity contribution in [2.24, 2.45) is 0 Å². The Morgan fingerprint density at radius 2 is 1.85 bits per heavy atom. The SMILES string of the molecule is Nc1c(F)cccc1C(=O)CCCCC[C@H](NC(=O)c1cncs1)c1ncc(-c2ccc3ccccc3c2)[nH]1. The highest BCUT2D eigenvalue weighted by molar-refractivity contribution is 7.11. The summed E-state index contributed by atoms with van der Waals surface area (Å²) in [5.74, 6) is -0.294. The van der Waals surface area contributed by atoms with E-state index in [-0.39, 0.29) is 35.4 Å². The van der Waals surface area contributed by atoms with Gasteiger partial charge in [0.05, 0.1) is 35.3 Å². The molecule has 1 amide bonds. The van der Waals surface area contributed by atoms with E-state index in [9.17, 15) is 14.0 Å². The van der Waals surface area contributed by atoms with Crippen molar-refractivity contribution in [1.82, 2.24) is 20.3 Å². The molecule has 2 aromatic heterocycles. The molecule has 5 rings (SSSR count). The first-order valence-corrected chi connectivity index (χ1v) is 13.7. The van der Waals surface area contributed by atoms with Gasteiger partial charge in [0.25, 0.3) is 5.91 Å². The van der Waals surface area contributed by atoms with Crippen molar-refractivity contribution in [1.29, 1.82) is 0 Å². The fraction of sp³-hybridized carbons (Fsp3) is 0.200. The van der Waals surface area contributed by atoms with E-state index < -0.39 is 5.82 Å². The number of benzene rings is 3. The first-order chi connectivity index (χ1) is 19.0. The Balaban J connectivity index is 1.25. The Morgan fingerprint density at radius 3 is 2.67 bits per heavy atom. The van der Waals surface area contributed by atoms with Gasteiger partial charge in [-0.05, 0) is 41.8 Å². The van der Waals surface area contributed by atoms with Crippen molar-refractivity contribution in [3.8, 4) is 11.3 Å². The van der Waals surface area contributed by atoms with Crippen LogP contribution in [-0.4, -0.2) is 26.6 Å². The number of nitrogens with two attached hydrogens (primary N) is 1. The van der Waals surface area contributed by atoms with Gasteiger partial charge in [0.1, 0.15) is 16.5 Å². The zero-order chi connectivity index (χ0) is 27.2. The number of nitrogen functional groups attached to an aromatic ring is 1. The second-order valence-electron chi connectivity index (χ2n) is 9.36. The summed E-state index contributed by atoms with van der Waals surface area (Å²) in [5, 5.41) is 5.38. The Hall–Kier alpha value is -4.37. The van der Waals surface area contributed by atoms with E-state index in [1.807, 2.05) is 18.2 Å². The molecule has 5 aromatic rings. The Labute approximate surface area is 229 Å². The first-order valence-electron chi connectivity index (χ1n) is 12.8. The number of aromatic amines is 1. The summed E-state index contributed by atoms with van der Waals surface area (Å²) in [6.45, 7) is 0. The van der Waals surface area contributed by atoms with Crippen molar-refractivity contribution in [2.45, 2.75) is 38.1 Å². The molecule has 0 saturated heterocycles. The number of H-pyrrole nitrogens is 1. The highest BCUT2D eigenvalue weighted by atomic mass is 32.1. The van der Waals surface area contributed by atoms with Crippen LogP contribution in [0.3, 0.4) is 0 Å². The van der Waals surface area contributed by atoms with Crippen LogP contribution in [0.5, 0.6) is 0 Å². The number of aromatic nitrogens is 3. The van der Waals surface area contributed by atoms with Crippen molar-refractivity contribution in [3.63, 3.8) is 0 Å². The van der Waals surface area contributed by atoms with Gasteiger partial charge in [-0.1, -0.05) is 55.3 Å². The second kappa shape index (κ2) is 12.0. The Bertz CT molecular complexity index is 1600. The van der Waals surface area contributed by atoms with E-state index in [1.165, 1.54) is 23.5 Å². The molecule has 39 heavy (non-hydrogen) atoms. The van der Waals surface area contributed by atoms with Gasteiger partial charge in [0.15, 0.2) is 5.78 Å². The summed E-state index contributed by atoms with van der Waals surface area (Å²) in [5.41, 5.74) is 9.34. The van der Waals surface area contributed by atoms with Crippen LogP contribution in [0.25, 0.3) is 22.0 Å². The number of hydrogen-bond donors (Lipinski definition) is 3. The third-order valence-corrected chi connectivity index (χ3v) is 7.47. The maximum absolute atomic E-state index is 13.7. The minimum atomic E-state index is -0.582. The molecule has 0 saturated carbocycles. The van der Waals surface area contributed by atoms with E-state index in [0.717, 1.165) is 34.9 Å². The minimum Gasteiger partial charge on any atom is -0.396 e. The molecule has 4 N–H and O–H groups in total. The van der Waals surface area contributed by atoms with Crippen LogP contribution in [-0.2, 0) is 0 Å². The third kappa shape index (κ3) is 6.21. The van der Waals surface area contributed by atoms with Gasteiger partial charge in [0, 0.05) is 17.5 Å². The largest absolute Gasteiger partial charge is 0.396 e.